The summed E-state index contributed by atoms with van der Waals surface area (Å²) in [5.74, 6) is -0.0119. The van der Waals surface area contributed by atoms with Gasteiger partial charge in [0.1, 0.15) is 11.8 Å². The first-order chi connectivity index (χ1) is 7.97. The van der Waals surface area contributed by atoms with Gasteiger partial charge in [-0.3, -0.25) is 0 Å². The number of pyridine rings is 1. The van der Waals surface area contributed by atoms with Crippen molar-refractivity contribution in [2.24, 2.45) is 5.73 Å². The van der Waals surface area contributed by atoms with Crippen LogP contribution in [0.5, 0.6) is 5.88 Å². The summed E-state index contributed by atoms with van der Waals surface area (Å²) < 4.78 is 42.6. The predicted molar refractivity (Wildman–Crippen MR) is 55.5 cm³/mol. The van der Waals surface area contributed by atoms with Gasteiger partial charge in [-0.25, -0.2) is 4.98 Å². The molecule has 0 saturated heterocycles. The summed E-state index contributed by atoms with van der Waals surface area (Å²) in [6.45, 7) is 0. The average molecular weight is 246 g/mol. The molecule has 94 valence electrons. The number of alkyl halides is 3. The zero-order chi connectivity index (χ0) is 12.5. The van der Waals surface area contributed by atoms with Gasteiger partial charge in [0.05, 0.1) is 0 Å². The van der Waals surface area contributed by atoms with Crippen LogP contribution in [0, 0.1) is 0 Å². The molecule has 1 aliphatic rings. The first kappa shape index (κ1) is 12.2. The minimum atomic E-state index is -4.45. The van der Waals surface area contributed by atoms with Crippen LogP contribution < -0.4 is 10.5 Å². The zero-order valence-electron chi connectivity index (χ0n) is 9.07. The third kappa shape index (κ3) is 2.88. The maximum Gasteiger partial charge on any atom is 0.433 e. The molecular weight excluding hydrogens is 233 g/mol. The molecular formula is C11H13F3N2O. The normalized spacial score (nSPS) is 24.9. The van der Waals surface area contributed by atoms with E-state index in [9.17, 15) is 13.2 Å². The molecule has 1 fully saturated rings. The van der Waals surface area contributed by atoms with Crippen molar-refractivity contribution in [3.05, 3.63) is 23.9 Å². The highest BCUT2D eigenvalue weighted by molar-refractivity contribution is 5.18. The first-order valence-corrected chi connectivity index (χ1v) is 5.43. The Morgan fingerprint density at radius 1 is 1.29 bits per heavy atom. The van der Waals surface area contributed by atoms with Gasteiger partial charge in [0.25, 0.3) is 0 Å². The fourth-order valence-electron chi connectivity index (χ4n) is 1.89. The van der Waals surface area contributed by atoms with Crippen molar-refractivity contribution >= 4 is 0 Å². The van der Waals surface area contributed by atoms with Gasteiger partial charge in [0.2, 0.25) is 5.88 Å². The number of nitrogens with two attached hydrogens (primary N) is 1. The highest BCUT2D eigenvalue weighted by atomic mass is 19.4. The molecule has 2 N–H and O–H groups in total. The van der Waals surface area contributed by atoms with E-state index in [0.717, 1.165) is 25.3 Å². The minimum absolute atomic E-state index is 0.0119. The van der Waals surface area contributed by atoms with Crippen molar-refractivity contribution in [1.82, 2.24) is 4.98 Å². The van der Waals surface area contributed by atoms with Crippen LogP contribution in [0.15, 0.2) is 18.2 Å². The molecule has 6 heteroatoms. The molecule has 0 aliphatic heterocycles. The van der Waals surface area contributed by atoms with Gasteiger partial charge in [-0.1, -0.05) is 6.07 Å². The van der Waals surface area contributed by atoms with Gasteiger partial charge in [0, 0.05) is 12.1 Å². The molecule has 0 spiro atoms. The molecule has 0 bridgehead atoms. The van der Waals surface area contributed by atoms with Crippen molar-refractivity contribution < 1.29 is 17.9 Å². The SMILES string of the molecule is NC1CCCC1Oc1cccc(C(F)(F)F)n1. The zero-order valence-corrected chi connectivity index (χ0v) is 9.07. The second-order valence-electron chi connectivity index (χ2n) is 4.11. The molecule has 1 aromatic heterocycles. The molecule has 0 aromatic carbocycles. The van der Waals surface area contributed by atoms with E-state index in [4.69, 9.17) is 10.5 Å². The Bertz CT molecular complexity index is 395. The first-order valence-electron chi connectivity index (χ1n) is 5.43. The average Bonchev–Trinajstić information content (AvgIpc) is 2.64. The Kier molecular flexibility index (Phi) is 3.24. The van der Waals surface area contributed by atoms with E-state index in [1.165, 1.54) is 12.1 Å². The van der Waals surface area contributed by atoms with Crippen molar-refractivity contribution in [2.45, 2.75) is 37.6 Å². The number of hydrogen-bond donors (Lipinski definition) is 1. The molecule has 0 amide bonds. The topological polar surface area (TPSA) is 48.1 Å². The fourth-order valence-corrected chi connectivity index (χ4v) is 1.89. The largest absolute Gasteiger partial charge is 0.473 e. The molecule has 1 heterocycles. The third-order valence-electron chi connectivity index (χ3n) is 2.79. The van der Waals surface area contributed by atoms with E-state index < -0.39 is 11.9 Å². The maximum atomic E-state index is 12.4. The van der Waals surface area contributed by atoms with Crippen LogP contribution in [0.4, 0.5) is 13.2 Å². The summed E-state index contributed by atoms with van der Waals surface area (Å²) in [4.78, 5) is 3.44. The molecule has 1 aromatic rings. The van der Waals surface area contributed by atoms with E-state index in [1.54, 1.807) is 0 Å². The second kappa shape index (κ2) is 4.52. The van der Waals surface area contributed by atoms with Crippen molar-refractivity contribution in [3.63, 3.8) is 0 Å². The van der Waals surface area contributed by atoms with E-state index in [2.05, 4.69) is 4.98 Å². The third-order valence-corrected chi connectivity index (χ3v) is 2.79. The Hall–Kier alpha value is -1.30. The standard InChI is InChI=1S/C11H13F3N2O/c12-11(13,14)9-5-2-6-10(16-9)17-8-4-1-3-7(8)15/h2,5-8H,1,3-4,15H2. The number of halogens is 3. The summed E-state index contributed by atoms with van der Waals surface area (Å²) >= 11 is 0. The smallest absolute Gasteiger partial charge is 0.433 e. The lowest BCUT2D eigenvalue weighted by atomic mass is 10.2. The summed E-state index contributed by atoms with van der Waals surface area (Å²) in [5.41, 5.74) is 4.83. The van der Waals surface area contributed by atoms with Crippen LogP contribution in [-0.2, 0) is 6.18 Å². The fraction of sp³-hybridized carbons (Fsp3) is 0.545. The number of ether oxygens (including phenoxy) is 1. The summed E-state index contributed by atoms with van der Waals surface area (Å²) in [6.07, 6.45) is -2.14. The lowest BCUT2D eigenvalue weighted by Gasteiger charge is -2.17. The second-order valence-corrected chi connectivity index (χ2v) is 4.11. The van der Waals surface area contributed by atoms with Crippen LogP contribution in [0.25, 0.3) is 0 Å². The van der Waals surface area contributed by atoms with Gasteiger partial charge < -0.3 is 10.5 Å². The molecule has 17 heavy (non-hydrogen) atoms. The number of hydrogen-bond acceptors (Lipinski definition) is 3. The molecule has 1 saturated carbocycles. The van der Waals surface area contributed by atoms with Crippen LogP contribution in [0.1, 0.15) is 25.0 Å². The van der Waals surface area contributed by atoms with Gasteiger partial charge in [-0.05, 0) is 25.3 Å². The maximum absolute atomic E-state index is 12.4. The van der Waals surface area contributed by atoms with Crippen LogP contribution in [0.2, 0.25) is 0 Å². The Labute approximate surface area is 96.8 Å². The predicted octanol–water partition coefficient (Wildman–Crippen LogP) is 2.36. The number of aromatic nitrogens is 1. The van der Waals surface area contributed by atoms with E-state index >= 15 is 0 Å². The molecule has 0 radical (unpaired) electrons. The molecule has 2 unspecified atom stereocenters. The van der Waals surface area contributed by atoms with Gasteiger partial charge >= 0.3 is 6.18 Å². The van der Waals surface area contributed by atoms with Gasteiger partial charge in [-0.2, -0.15) is 13.2 Å². The molecule has 1 aliphatic carbocycles. The van der Waals surface area contributed by atoms with E-state index in [1.807, 2.05) is 0 Å². The monoisotopic (exact) mass is 246 g/mol. The summed E-state index contributed by atoms with van der Waals surface area (Å²) in [5, 5.41) is 0. The van der Waals surface area contributed by atoms with Crippen LogP contribution in [-0.4, -0.2) is 17.1 Å². The quantitative estimate of drug-likeness (QED) is 0.871. The van der Waals surface area contributed by atoms with Crippen LogP contribution >= 0.6 is 0 Å². The molecule has 2 rings (SSSR count). The Morgan fingerprint density at radius 2 is 2.06 bits per heavy atom. The van der Waals surface area contributed by atoms with Gasteiger partial charge in [0.15, 0.2) is 0 Å². The Balaban J connectivity index is 2.11. The lowest BCUT2D eigenvalue weighted by molar-refractivity contribution is -0.141. The highest BCUT2D eigenvalue weighted by Crippen LogP contribution is 2.29. The number of rotatable bonds is 2. The Morgan fingerprint density at radius 3 is 2.65 bits per heavy atom. The minimum Gasteiger partial charge on any atom is -0.473 e. The van der Waals surface area contributed by atoms with Gasteiger partial charge in [-0.15, -0.1) is 0 Å². The number of nitrogens with zero attached hydrogens (tertiary/aromatic N) is 1. The van der Waals surface area contributed by atoms with Crippen LogP contribution in [0.3, 0.4) is 0 Å². The molecule has 2 atom stereocenters. The highest BCUT2D eigenvalue weighted by Gasteiger charge is 2.33. The van der Waals surface area contributed by atoms with Crippen molar-refractivity contribution in [3.8, 4) is 5.88 Å². The van der Waals surface area contributed by atoms with Crippen molar-refractivity contribution in [2.75, 3.05) is 0 Å². The molecule has 3 nitrogen and oxygen atoms in total. The summed E-state index contributed by atoms with van der Waals surface area (Å²) in [7, 11) is 0. The lowest BCUT2D eigenvalue weighted by Crippen LogP contribution is -2.33. The van der Waals surface area contributed by atoms with E-state index in [0.29, 0.717) is 0 Å². The van der Waals surface area contributed by atoms with E-state index in [-0.39, 0.29) is 18.0 Å². The van der Waals surface area contributed by atoms with Crippen molar-refractivity contribution in [1.29, 1.82) is 0 Å². The summed E-state index contributed by atoms with van der Waals surface area (Å²) in [6, 6.07) is 3.50.